The van der Waals surface area contributed by atoms with Crippen molar-refractivity contribution < 1.29 is 4.52 Å². The van der Waals surface area contributed by atoms with Gasteiger partial charge >= 0.3 is 0 Å². The van der Waals surface area contributed by atoms with Crippen molar-refractivity contribution in [2.75, 3.05) is 0 Å². The lowest BCUT2D eigenvalue weighted by atomic mass is 10.1. The van der Waals surface area contributed by atoms with Gasteiger partial charge in [-0.1, -0.05) is 5.16 Å². The molecule has 0 unspecified atom stereocenters. The highest BCUT2D eigenvalue weighted by molar-refractivity contribution is 7.07. The molecule has 0 saturated carbocycles. The molecule has 6 heteroatoms. The van der Waals surface area contributed by atoms with Gasteiger partial charge in [0.05, 0.1) is 11.0 Å². The van der Waals surface area contributed by atoms with Crippen LogP contribution >= 0.6 is 11.3 Å². The van der Waals surface area contributed by atoms with E-state index in [0.29, 0.717) is 17.4 Å². The van der Waals surface area contributed by atoms with Gasteiger partial charge in [-0.3, -0.25) is 0 Å². The van der Waals surface area contributed by atoms with Gasteiger partial charge in [0.2, 0.25) is 11.7 Å². The van der Waals surface area contributed by atoms with Gasteiger partial charge in [0.1, 0.15) is 5.69 Å². The highest BCUT2D eigenvalue weighted by atomic mass is 32.1. The summed E-state index contributed by atoms with van der Waals surface area (Å²) in [6, 6.07) is 0. The number of hydrogen-bond acceptors (Lipinski definition) is 6. The monoisotopic (exact) mass is 210 g/mol. The molecule has 2 rings (SSSR count). The zero-order chi connectivity index (χ0) is 10.2. The van der Waals surface area contributed by atoms with Crippen molar-refractivity contribution in [1.29, 1.82) is 0 Å². The molecule has 0 radical (unpaired) electrons. The van der Waals surface area contributed by atoms with Crippen molar-refractivity contribution >= 4 is 11.3 Å². The molecular weight excluding hydrogens is 200 g/mol. The van der Waals surface area contributed by atoms with E-state index in [1.54, 1.807) is 5.51 Å². The highest BCUT2D eigenvalue weighted by Gasteiger charge is 2.23. The molecule has 2 heterocycles. The van der Waals surface area contributed by atoms with Gasteiger partial charge in [-0.15, -0.1) is 11.3 Å². The van der Waals surface area contributed by atoms with Crippen LogP contribution in [0.3, 0.4) is 0 Å². The predicted octanol–water partition coefficient (Wildman–Crippen LogP) is 1.39. The van der Waals surface area contributed by atoms with E-state index in [2.05, 4.69) is 15.1 Å². The zero-order valence-electron chi connectivity index (χ0n) is 7.89. The number of hydrogen-bond donors (Lipinski definition) is 1. The first-order valence-electron chi connectivity index (χ1n) is 4.09. The maximum Gasteiger partial charge on any atom is 0.246 e. The Bertz CT molecular complexity index is 415. The van der Waals surface area contributed by atoms with Crippen molar-refractivity contribution in [3.8, 4) is 11.5 Å². The molecular formula is C8H10N4OS. The molecule has 0 fully saturated rings. The first-order valence-corrected chi connectivity index (χ1v) is 5.03. The lowest BCUT2D eigenvalue weighted by Gasteiger charge is -2.10. The van der Waals surface area contributed by atoms with E-state index in [1.807, 2.05) is 19.2 Å². The first-order chi connectivity index (χ1) is 6.57. The molecule has 0 aliphatic rings. The fourth-order valence-electron chi connectivity index (χ4n) is 0.912. The Morgan fingerprint density at radius 2 is 2.29 bits per heavy atom. The number of nitrogens with two attached hydrogens (primary N) is 1. The van der Waals surface area contributed by atoms with Crippen LogP contribution in [0.4, 0.5) is 0 Å². The Kier molecular flexibility index (Phi) is 2.09. The van der Waals surface area contributed by atoms with Crippen LogP contribution in [-0.2, 0) is 5.54 Å². The molecule has 0 saturated heterocycles. The minimum atomic E-state index is -0.610. The minimum Gasteiger partial charge on any atom is -0.337 e. The van der Waals surface area contributed by atoms with Crippen LogP contribution in [-0.4, -0.2) is 15.1 Å². The third-order valence-electron chi connectivity index (χ3n) is 1.64. The molecule has 0 aliphatic heterocycles. The predicted molar refractivity (Wildman–Crippen MR) is 52.6 cm³/mol. The largest absolute Gasteiger partial charge is 0.337 e. The standard InChI is InChI=1S/C8H10N4OS/c1-8(2,9)7-11-6(12-13-7)5-3-14-4-10-5/h3-4H,9H2,1-2H3. The smallest absolute Gasteiger partial charge is 0.246 e. The minimum absolute atomic E-state index is 0.417. The quantitative estimate of drug-likeness (QED) is 0.810. The van der Waals surface area contributed by atoms with Gasteiger partial charge in [0.15, 0.2) is 0 Å². The van der Waals surface area contributed by atoms with E-state index in [1.165, 1.54) is 11.3 Å². The summed E-state index contributed by atoms with van der Waals surface area (Å²) < 4.78 is 5.03. The Balaban J connectivity index is 2.36. The summed E-state index contributed by atoms with van der Waals surface area (Å²) >= 11 is 1.49. The molecule has 0 atom stereocenters. The summed E-state index contributed by atoms with van der Waals surface area (Å²) in [5.74, 6) is 0.903. The Morgan fingerprint density at radius 3 is 2.79 bits per heavy atom. The topological polar surface area (TPSA) is 77.8 Å². The summed E-state index contributed by atoms with van der Waals surface area (Å²) in [5.41, 5.74) is 7.64. The van der Waals surface area contributed by atoms with Gasteiger partial charge in [-0.25, -0.2) is 4.98 Å². The van der Waals surface area contributed by atoms with E-state index in [-0.39, 0.29) is 0 Å². The second kappa shape index (κ2) is 3.14. The van der Waals surface area contributed by atoms with E-state index in [9.17, 15) is 0 Å². The molecule has 74 valence electrons. The third-order valence-corrected chi connectivity index (χ3v) is 2.23. The number of rotatable bonds is 2. The molecule has 0 spiro atoms. The maximum absolute atomic E-state index is 5.81. The molecule has 5 nitrogen and oxygen atoms in total. The van der Waals surface area contributed by atoms with Crippen LogP contribution < -0.4 is 5.73 Å². The molecule has 2 aromatic rings. The van der Waals surface area contributed by atoms with Gasteiger partial charge in [-0.2, -0.15) is 4.98 Å². The first kappa shape index (κ1) is 9.29. The van der Waals surface area contributed by atoms with Gasteiger partial charge in [-0.05, 0) is 13.8 Å². The zero-order valence-corrected chi connectivity index (χ0v) is 8.71. The lowest BCUT2D eigenvalue weighted by Crippen LogP contribution is -2.28. The molecule has 2 aromatic heterocycles. The van der Waals surface area contributed by atoms with Crippen LogP contribution in [0.1, 0.15) is 19.7 Å². The fraction of sp³-hybridized carbons (Fsp3) is 0.375. The van der Waals surface area contributed by atoms with Crippen LogP contribution in [0.15, 0.2) is 15.4 Å². The summed E-state index contributed by atoms with van der Waals surface area (Å²) in [6.45, 7) is 3.62. The normalized spacial score (nSPS) is 11.9. The Labute approximate surface area is 85.0 Å². The van der Waals surface area contributed by atoms with E-state index in [4.69, 9.17) is 10.3 Å². The summed E-state index contributed by atoms with van der Waals surface area (Å²) in [4.78, 5) is 8.24. The molecule has 2 N–H and O–H groups in total. The molecule has 0 amide bonds. The highest BCUT2D eigenvalue weighted by Crippen LogP contribution is 2.19. The molecule has 0 aromatic carbocycles. The summed E-state index contributed by atoms with van der Waals surface area (Å²) in [7, 11) is 0. The third kappa shape index (κ3) is 1.66. The van der Waals surface area contributed by atoms with Gasteiger partial charge < -0.3 is 10.3 Å². The van der Waals surface area contributed by atoms with Crippen molar-refractivity contribution in [2.45, 2.75) is 19.4 Å². The second-order valence-corrected chi connectivity index (χ2v) is 4.24. The summed E-state index contributed by atoms with van der Waals surface area (Å²) in [5, 5.41) is 5.66. The number of nitrogens with zero attached hydrogens (tertiary/aromatic N) is 3. The lowest BCUT2D eigenvalue weighted by molar-refractivity contribution is 0.312. The van der Waals surface area contributed by atoms with Crippen LogP contribution in [0, 0.1) is 0 Å². The molecule has 0 aliphatic carbocycles. The number of thiazole rings is 1. The second-order valence-electron chi connectivity index (χ2n) is 3.52. The number of aromatic nitrogens is 3. The van der Waals surface area contributed by atoms with Crippen molar-refractivity contribution in [3.63, 3.8) is 0 Å². The average molecular weight is 210 g/mol. The fourth-order valence-corrected chi connectivity index (χ4v) is 1.44. The van der Waals surface area contributed by atoms with E-state index in [0.717, 1.165) is 0 Å². The average Bonchev–Trinajstić information content (AvgIpc) is 2.73. The Hall–Kier alpha value is -1.27. The van der Waals surface area contributed by atoms with E-state index >= 15 is 0 Å². The van der Waals surface area contributed by atoms with Gasteiger partial charge in [0.25, 0.3) is 0 Å². The van der Waals surface area contributed by atoms with Crippen molar-refractivity contribution in [3.05, 3.63) is 16.8 Å². The van der Waals surface area contributed by atoms with Crippen LogP contribution in [0.2, 0.25) is 0 Å². The Morgan fingerprint density at radius 1 is 1.50 bits per heavy atom. The van der Waals surface area contributed by atoms with Crippen LogP contribution in [0.5, 0.6) is 0 Å². The summed E-state index contributed by atoms with van der Waals surface area (Å²) in [6.07, 6.45) is 0. The van der Waals surface area contributed by atoms with Crippen molar-refractivity contribution in [1.82, 2.24) is 15.1 Å². The van der Waals surface area contributed by atoms with Crippen LogP contribution in [0.25, 0.3) is 11.5 Å². The maximum atomic E-state index is 5.81. The molecule has 0 bridgehead atoms. The van der Waals surface area contributed by atoms with Crippen molar-refractivity contribution in [2.24, 2.45) is 5.73 Å². The van der Waals surface area contributed by atoms with Gasteiger partial charge in [0, 0.05) is 5.38 Å². The van der Waals surface area contributed by atoms with E-state index < -0.39 is 5.54 Å². The molecule has 14 heavy (non-hydrogen) atoms. The SMILES string of the molecule is CC(C)(N)c1nc(-c2cscn2)no1.